The SMILES string of the molecule is CC[C@@H](C)N(Cc1ccc(OC)c(OS(C)(=O)=O)c1)C(=O)c1ccccc1Cl. The van der Waals surface area contributed by atoms with Gasteiger partial charge in [-0.3, -0.25) is 4.79 Å². The third-order valence-corrected chi connectivity index (χ3v) is 5.12. The van der Waals surface area contributed by atoms with Gasteiger partial charge in [-0.1, -0.05) is 36.7 Å². The number of carbonyl (C=O) groups is 1. The summed E-state index contributed by atoms with van der Waals surface area (Å²) in [5.74, 6) is 0.180. The molecule has 0 aliphatic rings. The average Bonchev–Trinajstić information content (AvgIpc) is 2.64. The molecule has 152 valence electrons. The van der Waals surface area contributed by atoms with Gasteiger partial charge in [0.25, 0.3) is 5.91 Å². The highest BCUT2D eigenvalue weighted by molar-refractivity contribution is 7.86. The van der Waals surface area contributed by atoms with Crippen LogP contribution in [0.3, 0.4) is 0 Å². The Bertz CT molecular complexity index is 945. The molecule has 0 saturated carbocycles. The molecule has 1 amide bonds. The van der Waals surface area contributed by atoms with Gasteiger partial charge in [-0.15, -0.1) is 0 Å². The van der Waals surface area contributed by atoms with E-state index in [0.29, 0.717) is 21.9 Å². The van der Waals surface area contributed by atoms with Crippen molar-refractivity contribution >= 4 is 27.6 Å². The molecule has 0 aliphatic carbocycles. The molecule has 0 bridgehead atoms. The molecular formula is C20H24ClNO5S. The standard InChI is InChI=1S/C20H24ClNO5S/c1-5-14(2)22(20(23)16-8-6-7-9-17(16)21)13-15-10-11-18(26-3)19(12-15)27-28(4,24)25/h6-12,14H,5,13H2,1-4H3/t14-/m1/s1. The number of amides is 1. The van der Waals surface area contributed by atoms with Gasteiger partial charge >= 0.3 is 10.1 Å². The van der Waals surface area contributed by atoms with E-state index in [1.807, 2.05) is 13.8 Å². The number of hydrogen-bond donors (Lipinski definition) is 0. The Labute approximate surface area is 171 Å². The van der Waals surface area contributed by atoms with Crippen LogP contribution in [0.5, 0.6) is 11.5 Å². The molecule has 0 aromatic heterocycles. The second-order valence-electron chi connectivity index (χ2n) is 6.44. The third kappa shape index (κ3) is 5.62. The zero-order valence-electron chi connectivity index (χ0n) is 16.3. The molecule has 2 rings (SSSR count). The zero-order valence-corrected chi connectivity index (χ0v) is 17.9. The highest BCUT2D eigenvalue weighted by Gasteiger charge is 2.23. The van der Waals surface area contributed by atoms with Crippen LogP contribution in [0.4, 0.5) is 0 Å². The lowest BCUT2D eigenvalue weighted by Crippen LogP contribution is -2.38. The zero-order chi connectivity index (χ0) is 20.9. The molecule has 1 atom stereocenters. The minimum Gasteiger partial charge on any atom is -0.493 e. The van der Waals surface area contributed by atoms with Crippen LogP contribution in [0.1, 0.15) is 36.2 Å². The van der Waals surface area contributed by atoms with Crippen molar-refractivity contribution < 1.29 is 22.1 Å². The minimum atomic E-state index is -3.72. The monoisotopic (exact) mass is 425 g/mol. The van der Waals surface area contributed by atoms with Crippen molar-refractivity contribution in [3.63, 3.8) is 0 Å². The van der Waals surface area contributed by atoms with Crippen molar-refractivity contribution in [3.05, 3.63) is 58.6 Å². The number of ether oxygens (including phenoxy) is 1. The molecule has 28 heavy (non-hydrogen) atoms. The Morgan fingerprint density at radius 2 is 1.86 bits per heavy atom. The van der Waals surface area contributed by atoms with Gasteiger partial charge in [-0.05, 0) is 43.2 Å². The molecule has 2 aromatic rings. The van der Waals surface area contributed by atoms with Gasteiger partial charge < -0.3 is 13.8 Å². The number of nitrogens with zero attached hydrogens (tertiary/aromatic N) is 1. The van der Waals surface area contributed by atoms with Crippen LogP contribution in [0.25, 0.3) is 0 Å². The summed E-state index contributed by atoms with van der Waals surface area (Å²) in [6, 6.07) is 11.8. The maximum Gasteiger partial charge on any atom is 0.306 e. The van der Waals surface area contributed by atoms with Crippen LogP contribution in [0.2, 0.25) is 5.02 Å². The number of carbonyl (C=O) groups excluding carboxylic acids is 1. The lowest BCUT2D eigenvalue weighted by atomic mass is 10.1. The van der Waals surface area contributed by atoms with E-state index in [2.05, 4.69) is 0 Å². The van der Waals surface area contributed by atoms with Crippen molar-refractivity contribution in [1.29, 1.82) is 0 Å². The van der Waals surface area contributed by atoms with E-state index in [9.17, 15) is 13.2 Å². The summed E-state index contributed by atoms with van der Waals surface area (Å²) in [6.45, 7) is 4.21. The Hall–Kier alpha value is -2.25. The summed E-state index contributed by atoms with van der Waals surface area (Å²) in [4.78, 5) is 14.8. The van der Waals surface area contributed by atoms with Gasteiger partial charge in [0, 0.05) is 12.6 Å². The highest BCUT2D eigenvalue weighted by Crippen LogP contribution is 2.30. The van der Waals surface area contributed by atoms with Gasteiger partial charge in [0.15, 0.2) is 11.5 Å². The summed E-state index contributed by atoms with van der Waals surface area (Å²) in [6.07, 6.45) is 1.71. The minimum absolute atomic E-state index is 0.0508. The van der Waals surface area contributed by atoms with Crippen LogP contribution in [0.15, 0.2) is 42.5 Å². The molecular weight excluding hydrogens is 402 g/mol. The summed E-state index contributed by atoms with van der Waals surface area (Å²) in [5, 5.41) is 0.386. The molecule has 0 spiro atoms. The predicted octanol–water partition coefficient (Wildman–Crippen LogP) is 4.13. The first kappa shape index (κ1) is 22.0. The lowest BCUT2D eigenvalue weighted by Gasteiger charge is -2.29. The maximum atomic E-state index is 13.1. The van der Waals surface area contributed by atoms with E-state index in [1.54, 1.807) is 47.4 Å². The Balaban J connectivity index is 2.38. The molecule has 0 N–H and O–H groups in total. The number of rotatable bonds is 8. The van der Waals surface area contributed by atoms with E-state index in [-0.39, 0.29) is 24.2 Å². The van der Waals surface area contributed by atoms with E-state index in [4.69, 9.17) is 20.5 Å². The first-order valence-electron chi connectivity index (χ1n) is 8.78. The molecule has 0 unspecified atom stereocenters. The molecule has 0 heterocycles. The Morgan fingerprint density at radius 3 is 2.43 bits per heavy atom. The molecule has 0 saturated heterocycles. The van der Waals surface area contributed by atoms with Crippen molar-refractivity contribution in [2.24, 2.45) is 0 Å². The van der Waals surface area contributed by atoms with E-state index >= 15 is 0 Å². The number of hydrogen-bond acceptors (Lipinski definition) is 5. The van der Waals surface area contributed by atoms with Gasteiger partial charge in [-0.25, -0.2) is 0 Å². The van der Waals surface area contributed by atoms with Crippen LogP contribution in [-0.4, -0.2) is 38.6 Å². The second kappa shape index (κ2) is 9.30. The van der Waals surface area contributed by atoms with Crippen molar-refractivity contribution in [1.82, 2.24) is 4.90 Å². The largest absolute Gasteiger partial charge is 0.493 e. The van der Waals surface area contributed by atoms with Crippen molar-refractivity contribution in [3.8, 4) is 11.5 Å². The van der Waals surface area contributed by atoms with Crippen LogP contribution in [0, 0.1) is 0 Å². The van der Waals surface area contributed by atoms with Gasteiger partial charge in [0.05, 0.1) is 24.0 Å². The lowest BCUT2D eigenvalue weighted by molar-refractivity contribution is 0.0671. The number of halogens is 1. The van der Waals surface area contributed by atoms with Gasteiger partial charge in [-0.2, -0.15) is 8.42 Å². The smallest absolute Gasteiger partial charge is 0.306 e. The Kier molecular flexibility index (Phi) is 7.32. The van der Waals surface area contributed by atoms with Crippen LogP contribution in [-0.2, 0) is 16.7 Å². The summed E-state index contributed by atoms with van der Waals surface area (Å²) in [7, 11) is -2.29. The van der Waals surface area contributed by atoms with E-state index < -0.39 is 10.1 Å². The third-order valence-electron chi connectivity index (χ3n) is 4.31. The average molecular weight is 426 g/mol. The fraction of sp³-hybridized carbons (Fsp3) is 0.350. The Morgan fingerprint density at radius 1 is 1.18 bits per heavy atom. The molecule has 0 fully saturated rings. The molecule has 6 nitrogen and oxygen atoms in total. The maximum absolute atomic E-state index is 13.1. The first-order chi connectivity index (χ1) is 13.2. The van der Waals surface area contributed by atoms with Crippen molar-refractivity contribution in [2.75, 3.05) is 13.4 Å². The second-order valence-corrected chi connectivity index (χ2v) is 8.42. The van der Waals surface area contributed by atoms with E-state index in [0.717, 1.165) is 12.7 Å². The summed E-state index contributed by atoms with van der Waals surface area (Å²) in [5.41, 5.74) is 1.13. The molecule has 2 aromatic carbocycles. The quantitative estimate of drug-likeness (QED) is 0.594. The predicted molar refractivity (Wildman–Crippen MR) is 110 cm³/mol. The normalized spacial score (nSPS) is 12.3. The van der Waals surface area contributed by atoms with Crippen molar-refractivity contribution in [2.45, 2.75) is 32.9 Å². The topological polar surface area (TPSA) is 72.9 Å². The fourth-order valence-corrected chi connectivity index (χ4v) is 3.35. The molecule has 0 aliphatic heterocycles. The highest BCUT2D eigenvalue weighted by atomic mass is 35.5. The molecule has 0 radical (unpaired) electrons. The number of methoxy groups -OCH3 is 1. The number of benzene rings is 2. The fourth-order valence-electron chi connectivity index (χ4n) is 2.68. The van der Waals surface area contributed by atoms with Gasteiger partial charge in [0.1, 0.15) is 0 Å². The van der Waals surface area contributed by atoms with E-state index in [1.165, 1.54) is 7.11 Å². The summed E-state index contributed by atoms with van der Waals surface area (Å²) >= 11 is 6.20. The van der Waals surface area contributed by atoms with Crippen LogP contribution < -0.4 is 8.92 Å². The van der Waals surface area contributed by atoms with Crippen LogP contribution >= 0.6 is 11.6 Å². The first-order valence-corrected chi connectivity index (χ1v) is 11.0. The molecule has 8 heteroatoms. The van der Waals surface area contributed by atoms with Gasteiger partial charge in [0.2, 0.25) is 0 Å². The summed E-state index contributed by atoms with van der Waals surface area (Å²) < 4.78 is 33.2.